The molecule has 0 spiro atoms. The average molecular weight is 812 g/mol. The number of rotatable bonds is 25. The van der Waals surface area contributed by atoms with Crippen LogP contribution in [0.25, 0.3) is 0 Å². The normalized spacial score (nSPS) is 18.5. The number of piperidine rings is 1. The van der Waals surface area contributed by atoms with Crippen molar-refractivity contribution in [3.05, 3.63) is 52.0 Å². The Hall–Kier alpha value is -3.19. The molecule has 0 saturated carbocycles. The number of thiazole rings is 1. The fourth-order valence-electron chi connectivity index (χ4n) is 7.80. The maximum atomic E-state index is 14.7. The van der Waals surface area contributed by atoms with Gasteiger partial charge in [-0.25, -0.2) is 4.98 Å². The number of benzene rings is 1. The first-order valence-electron chi connectivity index (χ1n) is 21.6. The molecule has 3 N–H and O–H groups in total. The topological polar surface area (TPSA) is 144 Å². The number of aromatic nitrogens is 1. The van der Waals surface area contributed by atoms with E-state index in [4.69, 9.17) is 20.2 Å². The average Bonchev–Trinajstić information content (AvgIpc) is 3.69. The number of nitrogens with two attached hydrogens (primary N) is 1. The summed E-state index contributed by atoms with van der Waals surface area (Å²) in [5.41, 5.74) is 7.01. The molecule has 1 aliphatic rings. The number of amides is 2. The van der Waals surface area contributed by atoms with Gasteiger partial charge in [0.05, 0.1) is 12.0 Å². The first-order valence-corrected chi connectivity index (χ1v) is 22.5. The van der Waals surface area contributed by atoms with Gasteiger partial charge in [-0.2, -0.15) is 0 Å². The van der Waals surface area contributed by atoms with Crippen molar-refractivity contribution in [3.8, 4) is 0 Å². The van der Waals surface area contributed by atoms with E-state index in [-0.39, 0.29) is 78.3 Å². The monoisotopic (exact) mass is 812 g/mol. The zero-order valence-electron chi connectivity index (χ0n) is 36.3. The van der Waals surface area contributed by atoms with E-state index in [1.54, 1.807) is 12.3 Å². The highest BCUT2D eigenvalue weighted by molar-refractivity contribution is 7.09. The summed E-state index contributed by atoms with van der Waals surface area (Å²) in [6, 6.07) is 9.23. The van der Waals surface area contributed by atoms with E-state index in [1.807, 2.05) is 49.2 Å². The number of hydrogen-bond acceptors (Lipinski definition) is 10. The van der Waals surface area contributed by atoms with Crippen molar-refractivity contribution < 1.29 is 28.7 Å². The Balaban J connectivity index is 1.86. The Bertz CT molecular complexity index is 1520. The third-order valence-corrected chi connectivity index (χ3v) is 12.4. The van der Waals surface area contributed by atoms with Gasteiger partial charge in [0, 0.05) is 55.9 Å². The van der Waals surface area contributed by atoms with Crippen LogP contribution in [-0.4, -0.2) is 95.9 Å². The Labute approximate surface area is 347 Å². The zero-order chi connectivity index (χ0) is 42.1. The lowest BCUT2D eigenvalue weighted by Gasteiger charge is -2.40. The molecule has 12 heteroatoms. The molecule has 1 saturated heterocycles. The lowest BCUT2D eigenvalue weighted by Crippen LogP contribution is -2.50. The van der Waals surface area contributed by atoms with Crippen molar-refractivity contribution in [1.29, 1.82) is 0 Å². The molecule has 8 atom stereocenters. The highest BCUT2D eigenvalue weighted by Gasteiger charge is 2.38. The van der Waals surface area contributed by atoms with E-state index in [2.05, 4.69) is 51.8 Å². The van der Waals surface area contributed by atoms with E-state index in [1.165, 1.54) is 11.3 Å². The van der Waals surface area contributed by atoms with Crippen molar-refractivity contribution in [2.75, 3.05) is 33.3 Å². The maximum Gasteiger partial charge on any atom is 0.309 e. The van der Waals surface area contributed by atoms with E-state index in [9.17, 15) is 19.2 Å². The van der Waals surface area contributed by atoms with Crippen LogP contribution in [0.2, 0.25) is 0 Å². The smallest absolute Gasteiger partial charge is 0.309 e. The van der Waals surface area contributed by atoms with Gasteiger partial charge < -0.3 is 25.4 Å². The van der Waals surface area contributed by atoms with Gasteiger partial charge in [0.2, 0.25) is 5.91 Å². The van der Waals surface area contributed by atoms with Crippen molar-refractivity contribution in [3.63, 3.8) is 0 Å². The summed E-state index contributed by atoms with van der Waals surface area (Å²) in [6.45, 7) is 18.4. The van der Waals surface area contributed by atoms with Crippen LogP contribution < -0.4 is 11.1 Å². The first-order chi connectivity index (χ1) is 27.2. The summed E-state index contributed by atoms with van der Waals surface area (Å²) in [5, 5.41) is 5.61. The molecule has 11 nitrogen and oxygen atoms in total. The van der Waals surface area contributed by atoms with E-state index < -0.39 is 17.9 Å². The molecule has 3 rings (SSSR count). The minimum Gasteiger partial charge on any atom is -0.461 e. The number of ether oxygens (including phenoxy) is 2. The van der Waals surface area contributed by atoms with Crippen molar-refractivity contribution in [2.45, 2.75) is 150 Å². The summed E-state index contributed by atoms with van der Waals surface area (Å²) in [7, 11) is 2.03. The second-order valence-corrected chi connectivity index (χ2v) is 17.5. The predicted molar refractivity (Wildman–Crippen MR) is 229 cm³/mol. The second kappa shape index (κ2) is 24.7. The van der Waals surface area contributed by atoms with Crippen LogP contribution in [0, 0.1) is 23.7 Å². The third-order valence-electron chi connectivity index (χ3n) is 11.5. The maximum absolute atomic E-state index is 14.7. The van der Waals surface area contributed by atoms with Crippen LogP contribution in [0.1, 0.15) is 140 Å². The van der Waals surface area contributed by atoms with Gasteiger partial charge in [-0.3, -0.25) is 24.1 Å². The summed E-state index contributed by atoms with van der Waals surface area (Å²) in [4.78, 5) is 64.2. The van der Waals surface area contributed by atoms with Gasteiger partial charge in [-0.1, -0.05) is 91.6 Å². The number of likely N-dealkylation sites (N-methyl/N-ethyl adjacent to an activating group) is 1. The second-order valence-electron chi connectivity index (χ2n) is 16.6. The number of Topliss-reactive ketones (excluding diaryl/α,β-unsaturated/α-hetero) is 1. The lowest BCUT2D eigenvalue weighted by molar-refractivity contribution is -0.152. The fourth-order valence-corrected chi connectivity index (χ4v) is 8.66. The lowest BCUT2D eigenvalue weighted by atomic mass is 9.82. The molecule has 1 unspecified atom stereocenters. The Morgan fingerprint density at radius 2 is 1.74 bits per heavy atom. The largest absolute Gasteiger partial charge is 0.461 e. The first kappa shape index (κ1) is 48.2. The van der Waals surface area contributed by atoms with Gasteiger partial charge >= 0.3 is 5.97 Å². The van der Waals surface area contributed by atoms with Crippen LogP contribution >= 0.6 is 11.3 Å². The fraction of sp³-hybridized carbons (Fsp3) is 0.711. The van der Waals surface area contributed by atoms with E-state index in [0.29, 0.717) is 37.4 Å². The predicted octanol–water partition coefficient (Wildman–Crippen LogP) is 7.63. The van der Waals surface area contributed by atoms with Gasteiger partial charge in [0.25, 0.3) is 5.91 Å². The molecule has 1 fully saturated rings. The molecule has 2 amide bonds. The number of nitrogens with one attached hydrogen (secondary N) is 1. The molecule has 1 aromatic heterocycles. The molecule has 0 radical (unpaired) electrons. The molecule has 1 aliphatic heterocycles. The van der Waals surface area contributed by atoms with Gasteiger partial charge in [-0.15, -0.1) is 11.3 Å². The Morgan fingerprint density at radius 3 is 2.35 bits per heavy atom. The van der Waals surface area contributed by atoms with E-state index in [0.717, 1.165) is 50.6 Å². The standard InChI is InChI=1S/C45H73N5O6S/c1-10-21-50(44(53)36(31(6)12-3)26-40(51)38-20-16-17-22-49(38)9)39(30(4)5)27-41(55-23-11-2)43-48-37(29-57-43)42(52)47-35(25-34-18-14-13-15-19-34)24-32(7)45(54)56-33(8)28-46/h13-15,18-19,29-33,35-36,38-39,41H,10-12,16-17,20-28,46H2,1-9H3,(H,47,52)/t31-,32-,33?,35+,36-,38+,39+,41+/m0/s1. The van der Waals surface area contributed by atoms with Crippen LogP contribution in [0.15, 0.2) is 35.7 Å². The van der Waals surface area contributed by atoms with Gasteiger partial charge in [0.15, 0.2) is 5.78 Å². The molecule has 0 bridgehead atoms. The van der Waals surface area contributed by atoms with Gasteiger partial charge in [0.1, 0.15) is 22.9 Å². The molecular weight excluding hydrogens is 739 g/mol. The zero-order valence-corrected chi connectivity index (χ0v) is 37.2. The number of hydrogen-bond donors (Lipinski definition) is 2. The summed E-state index contributed by atoms with van der Waals surface area (Å²) >= 11 is 1.39. The number of ketones is 1. The number of carbonyl (C=O) groups is 4. The molecule has 320 valence electrons. The Kier molecular flexibility index (Phi) is 20.8. The molecule has 2 heterocycles. The summed E-state index contributed by atoms with van der Waals surface area (Å²) in [5.74, 6) is -1.14. The molecule has 57 heavy (non-hydrogen) atoms. The summed E-state index contributed by atoms with van der Waals surface area (Å²) < 4.78 is 12.0. The van der Waals surface area contributed by atoms with E-state index >= 15 is 0 Å². The van der Waals surface area contributed by atoms with Crippen molar-refractivity contribution >= 4 is 34.9 Å². The van der Waals surface area contributed by atoms with Gasteiger partial charge in [-0.05, 0) is 76.4 Å². The van der Waals surface area contributed by atoms with Crippen molar-refractivity contribution in [1.82, 2.24) is 20.1 Å². The van der Waals surface area contributed by atoms with Crippen LogP contribution in [0.5, 0.6) is 0 Å². The minimum absolute atomic E-state index is 0.0465. The molecule has 2 aromatic rings. The summed E-state index contributed by atoms with van der Waals surface area (Å²) in [6.07, 6.45) is 6.26. The van der Waals surface area contributed by atoms with Crippen LogP contribution in [-0.2, 0) is 30.3 Å². The highest BCUT2D eigenvalue weighted by atomic mass is 32.1. The quantitative estimate of drug-likeness (QED) is 0.0968. The number of likely N-dealkylation sites (tertiary alicyclic amines) is 1. The van der Waals surface area contributed by atoms with Crippen LogP contribution in [0.3, 0.4) is 0 Å². The molecule has 0 aliphatic carbocycles. The SMILES string of the molecule is CCCO[C@H](C[C@H](C(C)C)N(CCC)C(=O)[C@@H](CC(=O)[C@H]1CCCCN1C)[C@@H](C)CC)c1nc(C(=O)N[C@@H](Cc2ccccc2)C[C@H](C)C(=O)OC(C)CN)cs1. The third kappa shape index (κ3) is 14.9. The number of nitrogens with zero attached hydrogens (tertiary/aromatic N) is 3. The van der Waals surface area contributed by atoms with Crippen molar-refractivity contribution in [2.24, 2.45) is 29.4 Å². The Morgan fingerprint density at radius 1 is 1.02 bits per heavy atom. The molecule has 1 aromatic carbocycles. The molecular formula is C45H73N5O6S. The number of carbonyl (C=O) groups excluding carboxylic acids is 4. The minimum atomic E-state index is -0.459. The highest BCUT2D eigenvalue weighted by Crippen LogP contribution is 2.34. The number of esters is 1. The van der Waals surface area contributed by atoms with Crippen LogP contribution in [0.4, 0.5) is 0 Å².